The molecule has 0 aliphatic carbocycles. The number of aryl methyl sites for hydroxylation is 1. The molecular formula is C29H32Ca. The minimum Gasteiger partial charge on any atom is -0.147 e. The molecule has 4 aromatic rings. The molecule has 0 aliphatic rings. The van der Waals surface area contributed by atoms with Crippen LogP contribution in [-0.4, -0.2) is 37.7 Å². The van der Waals surface area contributed by atoms with E-state index in [2.05, 4.69) is 73.7 Å². The molecule has 0 fully saturated rings. The molecule has 0 aromatic heterocycles. The quantitative estimate of drug-likeness (QED) is 0.153. The van der Waals surface area contributed by atoms with E-state index in [0.717, 1.165) is 0 Å². The van der Waals surface area contributed by atoms with Gasteiger partial charge in [0.15, 0.2) is 0 Å². The van der Waals surface area contributed by atoms with Crippen molar-refractivity contribution in [2.45, 2.75) is 58.3 Å². The van der Waals surface area contributed by atoms with E-state index < -0.39 is 0 Å². The van der Waals surface area contributed by atoms with Crippen LogP contribution in [0.5, 0.6) is 0 Å². The summed E-state index contributed by atoms with van der Waals surface area (Å²) in [5.74, 6) is 0. The zero-order valence-corrected chi connectivity index (χ0v) is 20.6. The van der Waals surface area contributed by atoms with Gasteiger partial charge in [-0.1, -0.05) is 76.1 Å². The molecule has 0 nitrogen and oxygen atoms in total. The molecule has 4 aromatic carbocycles. The van der Waals surface area contributed by atoms with Gasteiger partial charge in [-0.2, -0.15) is 0 Å². The van der Waals surface area contributed by atoms with Crippen molar-refractivity contribution < 1.29 is 0 Å². The minimum absolute atomic E-state index is 0. The zero-order valence-electron chi connectivity index (χ0n) is 18.4. The Morgan fingerprint density at radius 3 is 1.93 bits per heavy atom. The van der Waals surface area contributed by atoms with Crippen molar-refractivity contribution in [1.82, 2.24) is 0 Å². The van der Waals surface area contributed by atoms with Crippen LogP contribution in [0.25, 0.3) is 21.5 Å². The van der Waals surface area contributed by atoms with Crippen LogP contribution in [0, 0.1) is 12.1 Å². The van der Waals surface area contributed by atoms with E-state index >= 15 is 0 Å². The molecule has 1 heteroatoms. The molecule has 0 amide bonds. The molecule has 0 saturated heterocycles. The van der Waals surface area contributed by atoms with Crippen LogP contribution >= 0.6 is 0 Å². The molecule has 0 aliphatic heterocycles. The van der Waals surface area contributed by atoms with Crippen molar-refractivity contribution in [1.29, 1.82) is 0 Å². The van der Waals surface area contributed by atoms with Crippen molar-refractivity contribution in [3.8, 4) is 0 Å². The standard InChI is InChI=1S/C19H25.C10H7.Ca/c1-2-3-4-5-6-7-8-11-17-14-15-18-12-9-10-13-19(18)16-17;1-2-6-10-8-4-3-7-9(10)5-1;/h9-10,12-15H,2-8,11H2,1H3;1-7H;/q2*-1;+2. The summed E-state index contributed by atoms with van der Waals surface area (Å²) in [6, 6.07) is 33.9. The summed E-state index contributed by atoms with van der Waals surface area (Å²) in [5, 5.41) is 4.99. The van der Waals surface area contributed by atoms with E-state index in [-0.39, 0.29) is 37.7 Å². The summed E-state index contributed by atoms with van der Waals surface area (Å²) in [6.07, 6.45) is 10.8. The summed E-state index contributed by atoms with van der Waals surface area (Å²) in [4.78, 5) is 0. The summed E-state index contributed by atoms with van der Waals surface area (Å²) in [7, 11) is 0. The van der Waals surface area contributed by atoms with Gasteiger partial charge in [0.1, 0.15) is 0 Å². The van der Waals surface area contributed by atoms with E-state index in [9.17, 15) is 0 Å². The van der Waals surface area contributed by atoms with Gasteiger partial charge in [0.05, 0.1) is 0 Å². The minimum atomic E-state index is 0. The number of fused-ring (bicyclic) bond motifs is 2. The molecule has 150 valence electrons. The van der Waals surface area contributed by atoms with E-state index in [1.807, 2.05) is 24.3 Å². The van der Waals surface area contributed by atoms with Crippen molar-refractivity contribution >= 4 is 59.3 Å². The first kappa shape index (κ1) is 24.9. The number of hydrogen-bond acceptors (Lipinski definition) is 0. The maximum atomic E-state index is 3.54. The SMILES string of the molecule is CCCCCCCCCc1[c-]c2ccccc2cc1.[Ca+2].[c-]1cccc2ccccc12. The first-order valence-electron chi connectivity index (χ1n) is 11.1. The topological polar surface area (TPSA) is 0 Å². The van der Waals surface area contributed by atoms with E-state index in [1.54, 1.807) is 0 Å². The predicted molar refractivity (Wildman–Crippen MR) is 133 cm³/mol. The fourth-order valence-electron chi connectivity index (χ4n) is 3.64. The summed E-state index contributed by atoms with van der Waals surface area (Å²) in [6.45, 7) is 2.27. The average Bonchev–Trinajstić information content (AvgIpc) is 2.79. The Bertz CT molecular complexity index is 924. The van der Waals surface area contributed by atoms with Crippen LogP contribution in [0.4, 0.5) is 0 Å². The Morgan fingerprint density at radius 1 is 0.600 bits per heavy atom. The fourth-order valence-corrected chi connectivity index (χ4v) is 3.64. The maximum Gasteiger partial charge on any atom is 2.00 e. The van der Waals surface area contributed by atoms with Crippen molar-refractivity contribution in [2.24, 2.45) is 0 Å². The molecule has 0 bridgehead atoms. The van der Waals surface area contributed by atoms with Gasteiger partial charge in [-0.15, -0.1) is 93.8 Å². The smallest absolute Gasteiger partial charge is 0.147 e. The van der Waals surface area contributed by atoms with E-state index in [0.29, 0.717) is 0 Å². The number of benzene rings is 4. The number of hydrogen-bond donors (Lipinski definition) is 0. The van der Waals surface area contributed by atoms with Gasteiger partial charge in [0.2, 0.25) is 0 Å². The Balaban J connectivity index is 0.000000245. The van der Waals surface area contributed by atoms with Crippen LogP contribution in [0.2, 0.25) is 0 Å². The molecule has 0 radical (unpaired) electrons. The molecule has 0 atom stereocenters. The van der Waals surface area contributed by atoms with E-state index in [4.69, 9.17) is 0 Å². The summed E-state index contributed by atoms with van der Waals surface area (Å²) in [5.41, 5.74) is 1.37. The Morgan fingerprint density at radius 2 is 1.20 bits per heavy atom. The number of unbranched alkanes of at least 4 members (excludes halogenated alkanes) is 6. The maximum absolute atomic E-state index is 3.54. The van der Waals surface area contributed by atoms with Crippen molar-refractivity contribution in [3.63, 3.8) is 0 Å². The van der Waals surface area contributed by atoms with Crippen LogP contribution in [0.15, 0.2) is 78.9 Å². The van der Waals surface area contributed by atoms with E-state index in [1.165, 1.54) is 78.5 Å². The van der Waals surface area contributed by atoms with Crippen LogP contribution in [0.1, 0.15) is 57.4 Å². The normalized spacial score (nSPS) is 10.3. The van der Waals surface area contributed by atoms with Gasteiger partial charge < -0.3 is 0 Å². The molecule has 0 spiro atoms. The fraction of sp³-hybridized carbons (Fsp3) is 0.310. The third-order valence-electron chi connectivity index (χ3n) is 5.34. The van der Waals surface area contributed by atoms with Gasteiger partial charge in [0, 0.05) is 0 Å². The Hall–Kier alpha value is -1.34. The predicted octanol–water partition coefficient (Wildman–Crippen LogP) is 8.19. The van der Waals surface area contributed by atoms with Crippen molar-refractivity contribution in [2.75, 3.05) is 0 Å². The van der Waals surface area contributed by atoms with Crippen LogP contribution in [-0.2, 0) is 6.42 Å². The van der Waals surface area contributed by atoms with Crippen molar-refractivity contribution in [3.05, 3.63) is 96.6 Å². The summed E-state index contributed by atoms with van der Waals surface area (Å²) < 4.78 is 0. The van der Waals surface area contributed by atoms with Crippen LogP contribution in [0.3, 0.4) is 0 Å². The molecule has 0 N–H and O–H groups in total. The van der Waals surface area contributed by atoms with Crippen LogP contribution < -0.4 is 0 Å². The van der Waals surface area contributed by atoms with Gasteiger partial charge in [-0.3, -0.25) is 0 Å². The molecule has 0 heterocycles. The largest absolute Gasteiger partial charge is 2.00 e. The van der Waals surface area contributed by atoms with Gasteiger partial charge in [-0.05, 0) is 6.42 Å². The Kier molecular flexibility index (Phi) is 12.2. The first-order chi connectivity index (χ1) is 14.4. The molecule has 4 rings (SSSR count). The second-order valence-electron chi connectivity index (χ2n) is 7.70. The van der Waals surface area contributed by atoms with Gasteiger partial charge in [0.25, 0.3) is 0 Å². The molecule has 30 heavy (non-hydrogen) atoms. The zero-order chi connectivity index (χ0) is 20.2. The molecule has 0 unspecified atom stereocenters. The van der Waals surface area contributed by atoms with Gasteiger partial charge in [-0.25, -0.2) is 0 Å². The molecular weight excluding hydrogens is 388 g/mol. The third kappa shape index (κ3) is 8.42. The average molecular weight is 421 g/mol. The second-order valence-corrected chi connectivity index (χ2v) is 7.70. The number of rotatable bonds is 8. The third-order valence-corrected chi connectivity index (χ3v) is 5.34. The van der Waals surface area contributed by atoms with Gasteiger partial charge >= 0.3 is 37.7 Å². The Labute approximate surface area is 212 Å². The first-order valence-corrected chi connectivity index (χ1v) is 11.1. The molecule has 0 saturated carbocycles. The summed E-state index contributed by atoms with van der Waals surface area (Å²) >= 11 is 0. The monoisotopic (exact) mass is 420 g/mol. The second kappa shape index (κ2) is 14.6.